The molecule has 5 rings (SSSR count). The van der Waals surface area contributed by atoms with Crippen LogP contribution >= 0.6 is 0 Å². The van der Waals surface area contributed by atoms with Crippen molar-refractivity contribution < 1.29 is 19.1 Å². The molecule has 5 N–H and O–H groups in total. The standard InChI is InChI=1S/C30H29N7O4/c1-17-12-13-19(25(31)32)16-23(17)41-28-24-26(33-22(27(38)34-24)14-18-8-5-4-6-9-18)35-30(36-28)40-21-11-7-10-20(15-21)29(39)37(2)3/h4-13,15-16,22H,14H2,1-3H3,(H3,31,32)(H,34,38)(H,33,35,36). The molecule has 3 aromatic carbocycles. The van der Waals surface area contributed by atoms with Crippen LogP contribution in [-0.2, 0) is 11.2 Å². The van der Waals surface area contributed by atoms with Crippen LogP contribution in [0.5, 0.6) is 11.5 Å². The van der Waals surface area contributed by atoms with Gasteiger partial charge in [0.25, 0.3) is 11.8 Å². The van der Waals surface area contributed by atoms with Gasteiger partial charge in [-0.3, -0.25) is 25.3 Å². The second-order valence-electron chi connectivity index (χ2n) is 9.72. The highest BCUT2D eigenvalue weighted by Crippen LogP contribution is 2.26. The van der Waals surface area contributed by atoms with Crippen molar-refractivity contribution in [2.24, 2.45) is 15.7 Å². The summed E-state index contributed by atoms with van der Waals surface area (Å²) in [4.78, 5) is 36.2. The van der Waals surface area contributed by atoms with E-state index in [0.29, 0.717) is 34.9 Å². The average molecular weight is 552 g/mol. The monoisotopic (exact) mass is 551 g/mol. The molecule has 0 saturated carbocycles. The second kappa shape index (κ2) is 11.3. The van der Waals surface area contributed by atoms with Crippen LogP contribution in [0.2, 0.25) is 0 Å². The lowest BCUT2D eigenvalue weighted by Crippen LogP contribution is -2.51. The van der Waals surface area contributed by atoms with E-state index in [4.69, 9.17) is 20.6 Å². The fourth-order valence-corrected chi connectivity index (χ4v) is 4.21. The topological polar surface area (TPSA) is 154 Å². The van der Waals surface area contributed by atoms with E-state index >= 15 is 0 Å². The summed E-state index contributed by atoms with van der Waals surface area (Å²) < 4.78 is 12.2. The number of rotatable bonds is 7. The SMILES string of the molecule is Cc1ccc(C(=N)N)cc1OC1=C2NC(=O)C(Cc3ccccc3)N=C2NC(Oc2cccc(C(=O)N(C)C)c2)=N1. The van der Waals surface area contributed by atoms with Crippen molar-refractivity contribution in [3.63, 3.8) is 0 Å². The van der Waals surface area contributed by atoms with Gasteiger partial charge in [0.2, 0.25) is 5.91 Å². The van der Waals surface area contributed by atoms with Crippen molar-refractivity contribution >= 4 is 29.5 Å². The molecule has 0 spiro atoms. The minimum absolute atomic E-state index is 0.0342. The number of carbonyl (C=O) groups excluding carboxylic acids is 2. The first kappa shape index (κ1) is 27.1. The van der Waals surface area contributed by atoms with Crippen LogP contribution in [0.4, 0.5) is 0 Å². The van der Waals surface area contributed by atoms with Gasteiger partial charge in [-0.25, -0.2) is 0 Å². The number of amides is 2. The quantitative estimate of drug-likeness (QED) is 0.262. The zero-order valence-electron chi connectivity index (χ0n) is 22.8. The number of nitrogen functional groups attached to an aromatic ring is 1. The number of ether oxygens (including phenoxy) is 2. The highest BCUT2D eigenvalue weighted by molar-refractivity contribution is 6.14. The third-order valence-corrected chi connectivity index (χ3v) is 6.39. The number of aryl methyl sites for hydroxylation is 1. The Kier molecular flexibility index (Phi) is 7.51. The van der Waals surface area contributed by atoms with Crippen LogP contribution in [-0.4, -0.2) is 54.5 Å². The van der Waals surface area contributed by atoms with E-state index in [1.165, 1.54) is 4.90 Å². The summed E-state index contributed by atoms with van der Waals surface area (Å²) in [5.41, 5.74) is 8.56. The van der Waals surface area contributed by atoms with E-state index < -0.39 is 6.04 Å². The molecule has 11 heteroatoms. The Balaban J connectivity index is 1.52. The molecule has 208 valence electrons. The highest BCUT2D eigenvalue weighted by Gasteiger charge is 2.34. The van der Waals surface area contributed by atoms with Crippen LogP contribution in [0.25, 0.3) is 0 Å². The first-order valence-electron chi connectivity index (χ1n) is 12.8. The number of nitrogens with one attached hydrogen (secondary N) is 3. The lowest BCUT2D eigenvalue weighted by atomic mass is 10.0. The molecule has 0 aromatic heterocycles. The van der Waals surface area contributed by atoms with E-state index in [1.807, 2.05) is 37.3 Å². The third kappa shape index (κ3) is 6.09. The van der Waals surface area contributed by atoms with Crippen LogP contribution in [0.3, 0.4) is 0 Å². The maximum absolute atomic E-state index is 13.1. The van der Waals surface area contributed by atoms with Crippen molar-refractivity contribution in [2.75, 3.05) is 14.1 Å². The normalized spacial score (nSPS) is 16.0. The molecule has 0 aliphatic carbocycles. The Bertz CT molecular complexity index is 1630. The number of benzene rings is 3. The van der Waals surface area contributed by atoms with Crippen molar-refractivity contribution in [1.29, 1.82) is 5.41 Å². The molecular weight excluding hydrogens is 522 g/mol. The number of nitrogens with two attached hydrogens (primary N) is 1. The molecule has 1 atom stereocenters. The van der Waals surface area contributed by atoms with Crippen molar-refractivity contribution in [1.82, 2.24) is 15.5 Å². The number of aliphatic imine (C=N–C) groups is 2. The van der Waals surface area contributed by atoms with E-state index in [-0.39, 0.29) is 35.3 Å². The molecule has 2 amide bonds. The lowest BCUT2D eigenvalue weighted by Gasteiger charge is -2.28. The Morgan fingerprint density at radius 2 is 1.78 bits per heavy atom. The second-order valence-corrected chi connectivity index (χ2v) is 9.72. The van der Waals surface area contributed by atoms with Gasteiger partial charge in [-0.1, -0.05) is 48.5 Å². The number of carbonyl (C=O) groups is 2. The predicted molar refractivity (Wildman–Crippen MR) is 155 cm³/mol. The van der Waals surface area contributed by atoms with Gasteiger partial charge in [0.1, 0.15) is 29.1 Å². The van der Waals surface area contributed by atoms with Crippen LogP contribution < -0.4 is 25.8 Å². The first-order valence-corrected chi connectivity index (χ1v) is 12.8. The van der Waals surface area contributed by atoms with Crippen LogP contribution in [0.1, 0.15) is 27.0 Å². The number of hydrogen-bond donors (Lipinski definition) is 4. The predicted octanol–water partition coefficient (Wildman–Crippen LogP) is 2.71. The van der Waals surface area contributed by atoms with Gasteiger partial charge in [-0.2, -0.15) is 4.99 Å². The zero-order chi connectivity index (χ0) is 29.1. The molecule has 3 aromatic rings. The van der Waals surface area contributed by atoms with Crippen LogP contribution in [0, 0.1) is 12.3 Å². The van der Waals surface area contributed by atoms with Gasteiger partial charge >= 0.3 is 6.02 Å². The molecular formula is C30H29N7O4. The molecule has 2 aliphatic heterocycles. The van der Waals surface area contributed by atoms with Gasteiger partial charge < -0.3 is 25.4 Å². The molecule has 2 aliphatic rings. The molecule has 41 heavy (non-hydrogen) atoms. The van der Waals surface area contributed by atoms with Gasteiger partial charge in [0.05, 0.1) is 0 Å². The summed E-state index contributed by atoms with van der Waals surface area (Å²) in [7, 11) is 3.34. The van der Waals surface area contributed by atoms with Gasteiger partial charge in [-0.05, 0) is 42.3 Å². The van der Waals surface area contributed by atoms with E-state index in [1.54, 1.807) is 56.6 Å². The van der Waals surface area contributed by atoms with Crippen LogP contribution in [0.15, 0.2) is 94.4 Å². The minimum atomic E-state index is -0.701. The first-order chi connectivity index (χ1) is 19.7. The number of fused-ring (bicyclic) bond motifs is 1. The number of nitrogens with zero attached hydrogens (tertiary/aromatic N) is 3. The highest BCUT2D eigenvalue weighted by atomic mass is 16.5. The molecule has 0 fully saturated rings. The molecule has 0 saturated heterocycles. The summed E-state index contributed by atoms with van der Waals surface area (Å²) in [6.45, 7) is 1.84. The third-order valence-electron chi connectivity index (χ3n) is 6.39. The van der Waals surface area contributed by atoms with Gasteiger partial charge in [-0.15, -0.1) is 0 Å². The summed E-state index contributed by atoms with van der Waals surface area (Å²) in [6, 6.07) is 20.7. The van der Waals surface area contributed by atoms with Gasteiger partial charge in [0, 0.05) is 31.6 Å². The number of amidine groups is 3. The maximum Gasteiger partial charge on any atom is 0.304 e. The summed E-state index contributed by atoms with van der Waals surface area (Å²) >= 11 is 0. The fourth-order valence-electron chi connectivity index (χ4n) is 4.21. The molecule has 2 heterocycles. The maximum atomic E-state index is 13.1. The average Bonchev–Trinajstić information content (AvgIpc) is 2.95. The van der Waals surface area contributed by atoms with Crippen molar-refractivity contribution in [3.05, 3.63) is 107 Å². The van der Waals surface area contributed by atoms with E-state index in [2.05, 4.69) is 20.6 Å². The Hall–Kier alpha value is -5.45. The van der Waals surface area contributed by atoms with Crippen molar-refractivity contribution in [3.8, 4) is 11.5 Å². The zero-order valence-corrected chi connectivity index (χ0v) is 22.8. The van der Waals surface area contributed by atoms with E-state index in [9.17, 15) is 9.59 Å². The lowest BCUT2D eigenvalue weighted by molar-refractivity contribution is -0.121. The minimum Gasteiger partial charge on any atom is -0.437 e. The summed E-state index contributed by atoms with van der Waals surface area (Å²) in [5, 5.41) is 13.7. The Morgan fingerprint density at radius 1 is 1.00 bits per heavy atom. The van der Waals surface area contributed by atoms with Gasteiger partial charge in [0.15, 0.2) is 5.84 Å². The number of hydrogen-bond acceptors (Lipinski definition) is 8. The van der Waals surface area contributed by atoms with Crippen molar-refractivity contribution in [2.45, 2.75) is 19.4 Å². The Labute approximate surface area is 236 Å². The molecule has 0 radical (unpaired) electrons. The smallest absolute Gasteiger partial charge is 0.304 e. The van der Waals surface area contributed by atoms with E-state index in [0.717, 1.165) is 11.1 Å². The largest absolute Gasteiger partial charge is 0.437 e. The summed E-state index contributed by atoms with van der Waals surface area (Å²) in [5.74, 6) is 0.504. The molecule has 11 nitrogen and oxygen atoms in total. The summed E-state index contributed by atoms with van der Waals surface area (Å²) in [6.07, 6.45) is 0.392. The molecule has 1 unspecified atom stereocenters. The Morgan fingerprint density at radius 3 is 2.51 bits per heavy atom. The molecule has 0 bridgehead atoms. The fraction of sp³-hybridized carbons (Fsp3) is 0.167.